The number of aromatic nitrogens is 2. The first-order chi connectivity index (χ1) is 13.7. The highest BCUT2D eigenvalue weighted by atomic mass is 16.1. The van der Waals surface area contributed by atoms with E-state index in [4.69, 9.17) is 0 Å². The van der Waals surface area contributed by atoms with Gasteiger partial charge in [-0.25, -0.2) is 0 Å². The van der Waals surface area contributed by atoms with Gasteiger partial charge in [0.15, 0.2) is 5.78 Å². The third-order valence-corrected chi connectivity index (χ3v) is 5.97. The predicted molar refractivity (Wildman–Crippen MR) is 114 cm³/mol. The van der Waals surface area contributed by atoms with Gasteiger partial charge in [0.05, 0.1) is 6.20 Å². The summed E-state index contributed by atoms with van der Waals surface area (Å²) >= 11 is 0. The number of ketones is 1. The lowest BCUT2D eigenvalue weighted by Crippen LogP contribution is -2.38. The Morgan fingerprint density at radius 2 is 2.00 bits per heavy atom. The fourth-order valence-corrected chi connectivity index (χ4v) is 4.39. The maximum absolute atomic E-state index is 13.3. The Labute approximate surface area is 167 Å². The van der Waals surface area contributed by atoms with E-state index in [9.17, 15) is 4.79 Å². The molecule has 0 aliphatic carbocycles. The Kier molecular flexibility index (Phi) is 5.58. The van der Waals surface area contributed by atoms with Gasteiger partial charge in [0.2, 0.25) is 0 Å². The Morgan fingerprint density at radius 1 is 1.18 bits per heavy atom. The first-order valence-corrected chi connectivity index (χ1v) is 10.4. The number of carbonyl (C=O) groups is 1. The molecule has 4 nitrogen and oxygen atoms in total. The molecule has 1 atom stereocenters. The molecule has 1 saturated heterocycles. The van der Waals surface area contributed by atoms with Gasteiger partial charge in [-0.15, -0.1) is 0 Å². The topological polar surface area (TPSA) is 38.1 Å². The summed E-state index contributed by atoms with van der Waals surface area (Å²) in [5.74, 6) is 0.366. The molecule has 1 aliphatic rings. The zero-order valence-corrected chi connectivity index (χ0v) is 16.9. The third-order valence-electron chi connectivity index (χ3n) is 5.97. The highest BCUT2D eigenvalue weighted by Crippen LogP contribution is 2.27. The van der Waals surface area contributed by atoms with Crippen molar-refractivity contribution in [1.82, 2.24) is 14.7 Å². The van der Waals surface area contributed by atoms with Crippen molar-refractivity contribution >= 4 is 16.6 Å². The van der Waals surface area contributed by atoms with Crippen LogP contribution in [0.2, 0.25) is 0 Å². The number of benzene rings is 2. The number of rotatable bonds is 6. The summed E-state index contributed by atoms with van der Waals surface area (Å²) < 4.78 is 2.10. The summed E-state index contributed by atoms with van der Waals surface area (Å²) in [4.78, 5) is 15.8. The zero-order chi connectivity index (χ0) is 19.5. The molecule has 1 aliphatic heterocycles. The quantitative estimate of drug-likeness (QED) is 0.578. The largest absolute Gasteiger partial charge is 0.298 e. The minimum Gasteiger partial charge on any atom is -0.298 e. The molecule has 3 aromatic rings. The van der Waals surface area contributed by atoms with E-state index in [1.54, 1.807) is 0 Å². The highest BCUT2D eigenvalue weighted by Gasteiger charge is 2.28. The molecule has 1 unspecified atom stereocenters. The first kappa shape index (κ1) is 18.9. The van der Waals surface area contributed by atoms with Crippen LogP contribution in [0.3, 0.4) is 0 Å². The van der Waals surface area contributed by atoms with Crippen LogP contribution < -0.4 is 0 Å². The van der Waals surface area contributed by atoms with Crippen LogP contribution in [-0.2, 0) is 13.1 Å². The molecule has 2 heterocycles. The van der Waals surface area contributed by atoms with Crippen molar-refractivity contribution in [3.8, 4) is 0 Å². The molecule has 146 valence electrons. The smallest absolute Gasteiger partial charge is 0.167 e. The van der Waals surface area contributed by atoms with Gasteiger partial charge in [0.1, 0.15) is 0 Å². The van der Waals surface area contributed by atoms with Crippen molar-refractivity contribution in [2.75, 3.05) is 13.1 Å². The summed E-state index contributed by atoms with van der Waals surface area (Å²) in [6, 6.07) is 14.3. The number of Topliss-reactive ketones (excluding diaryl/α,β-unsaturated/α-hetero) is 1. The number of hydrogen-bond donors (Lipinski definition) is 0. The Balaban J connectivity index is 1.50. The van der Waals surface area contributed by atoms with Gasteiger partial charge in [-0.1, -0.05) is 49.4 Å². The Hall–Kier alpha value is -2.46. The Morgan fingerprint density at radius 3 is 2.86 bits per heavy atom. The SMILES string of the molecule is CCCn1ncc(CN2CCCC(C(=O)c3cccc4ccccc34)C2)c1C. The number of nitrogens with zero attached hydrogens (tertiary/aromatic N) is 3. The van der Waals surface area contributed by atoms with Crippen molar-refractivity contribution in [2.45, 2.75) is 46.2 Å². The molecule has 0 N–H and O–H groups in total. The van der Waals surface area contributed by atoms with E-state index >= 15 is 0 Å². The van der Waals surface area contributed by atoms with Crippen LogP contribution in [0.5, 0.6) is 0 Å². The molecule has 0 amide bonds. The lowest BCUT2D eigenvalue weighted by Gasteiger charge is -2.32. The van der Waals surface area contributed by atoms with Crippen LogP contribution in [0.4, 0.5) is 0 Å². The van der Waals surface area contributed by atoms with Crippen LogP contribution in [0.15, 0.2) is 48.7 Å². The summed E-state index contributed by atoms with van der Waals surface area (Å²) in [6.07, 6.45) is 5.14. The van der Waals surface area contributed by atoms with Crippen LogP contribution in [0.1, 0.15) is 47.8 Å². The molecular weight excluding hydrogens is 346 g/mol. The van der Waals surface area contributed by atoms with Gasteiger partial charge in [-0.2, -0.15) is 5.10 Å². The molecule has 1 fully saturated rings. The van der Waals surface area contributed by atoms with Gasteiger partial charge in [-0.05, 0) is 43.5 Å². The summed E-state index contributed by atoms with van der Waals surface area (Å²) in [5.41, 5.74) is 3.41. The van der Waals surface area contributed by atoms with Gasteiger partial charge >= 0.3 is 0 Å². The first-order valence-electron chi connectivity index (χ1n) is 10.4. The summed E-state index contributed by atoms with van der Waals surface area (Å²) in [5, 5.41) is 6.74. The van der Waals surface area contributed by atoms with E-state index in [-0.39, 0.29) is 5.92 Å². The zero-order valence-electron chi connectivity index (χ0n) is 16.9. The maximum Gasteiger partial charge on any atom is 0.167 e. The highest BCUT2D eigenvalue weighted by molar-refractivity contribution is 6.09. The van der Waals surface area contributed by atoms with E-state index in [0.29, 0.717) is 5.78 Å². The van der Waals surface area contributed by atoms with E-state index in [1.165, 1.54) is 11.3 Å². The number of carbonyl (C=O) groups excluding carboxylic acids is 1. The van der Waals surface area contributed by atoms with Crippen molar-refractivity contribution in [3.05, 3.63) is 65.5 Å². The summed E-state index contributed by atoms with van der Waals surface area (Å²) in [7, 11) is 0. The van der Waals surface area contributed by atoms with E-state index in [0.717, 1.165) is 61.8 Å². The molecule has 0 radical (unpaired) electrons. The summed E-state index contributed by atoms with van der Waals surface area (Å²) in [6.45, 7) is 8.07. The molecular formula is C24H29N3O. The maximum atomic E-state index is 13.3. The second kappa shape index (κ2) is 8.27. The van der Waals surface area contributed by atoms with Crippen molar-refractivity contribution in [1.29, 1.82) is 0 Å². The molecule has 0 bridgehead atoms. The lowest BCUT2D eigenvalue weighted by atomic mass is 9.88. The van der Waals surface area contributed by atoms with Crippen molar-refractivity contribution in [3.63, 3.8) is 0 Å². The molecule has 1 aromatic heterocycles. The fraction of sp³-hybridized carbons (Fsp3) is 0.417. The Bertz CT molecular complexity index is 970. The van der Waals surface area contributed by atoms with E-state index < -0.39 is 0 Å². The van der Waals surface area contributed by atoms with E-state index in [1.807, 2.05) is 30.5 Å². The number of likely N-dealkylation sites (tertiary alicyclic amines) is 1. The lowest BCUT2D eigenvalue weighted by molar-refractivity contribution is 0.0813. The average molecular weight is 376 g/mol. The van der Waals surface area contributed by atoms with E-state index in [2.05, 4.69) is 46.7 Å². The molecule has 2 aromatic carbocycles. The minimum absolute atomic E-state index is 0.0746. The van der Waals surface area contributed by atoms with Gasteiger partial charge in [0, 0.05) is 42.4 Å². The molecule has 0 saturated carbocycles. The number of aryl methyl sites for hydroxylation is 1. The third kappa shape index (κ3) is 3.74. The van der Waals surface area contributed by atoms with Crippen LogP contribution in [0, 0.1) is 12.8 Å². The standard InChI is InChI=1S/C24H29N3O/c1-3-13-27-18(2)21(15-25-27)17-26-14-7-10-20(16-26)24(28)23-12-6-9-19-8-4-5-11-22(19)23/h4-6,8-9,11-12,15,20H,3,7,10,13-14,16-17H2,1-2H3. The molecule has 4 rings (SSSR count). The van der Waals surface area contributed by atoms with Crippen LogP contribution in [0.25, 0.3) is 10.8 Å². The van der Waals surface area contributed by atoms with Gasteiger partial charge in [0.25, 0.3) is 0 Å². The minimum atomic E-state index is 0.0746. The van der Waals surface area contributed by atoms with Crippen LogP contribution in [-0.4, -0.2) is 33.6 Å². The van der Waals surface area contributed by atoms with Crippen molar-refractivity contribution in [2.24, 2.45) is 5.92 Å². The van der Waals surface area contributed by atoms with Crippen LogP contribution >= 0.6 is 0 Å². The monoisotopic (exact) mass is 375 g/mol. The fourth-order valence-electron chi connectivity index (χ4n) is 4.39. The number of piperidine rings is 1. The second-order valence-electron chi connectivity index (χ2n) is 7.94. The van der Waals surface area contributed by atoms with Gasteiger partial charge < -0.3 is 0 Å². The molecule has 0 spiro atoms. The second-order valence-corrected chi connectivity index (χ2v) is 7.94. The number of hydrogen-bond acceptors (Lipinski definition) is 3. The number of fused-ring (bicyclic) bond motifs is 1. The normalized spacial score (nSPS) is 17.9. The average Bonchev–Trinajstić information content (AvgIpc) is 3.07. The van der Waals surface area contributed by atoms with Crippen molar-refractivity contribution < 1.29 is 4.79 Å². The molecule has 28 heavy (non-hydrogen) atoms. The predicted octanol–water partition coefficient (Wildman–Crippen LogP) is 4.85. The molecule has 4 heteroatoms. The van der Waals surface area contributed by atoms with Gasteiger partial charge in [-0.3, -0.25) is 14.4 Å².